The number of hydrogen-bond acceptors (Lipinski definition) is 15. The van der Waals surface area contributed by atoms with Gasteiger partial charge >= 0.3 is 11.9 Å². The van der Waals surface area contributed by atoms with Crippen molar-refractivity contribution in [2.24, 2.45) is 5.73 Å². The number of halogens is 2. The maximum Gasteiger partial charge on any atom is 0.359 e. The number of hydrogen-bond donors (Lipinski definition) is 1. The predicted molar refractivity (Wildman–Crippen MR) is 199 cm³/mol. The Kier molecular flexibility index (Phi) is 9.19. The monoisotopic (exact) mass is 787 g/mol. The lowest BCUT2D eigenvalue weighted by Crippen LogP contribution is -2.38. The lowest BCUT2D eigenvalue weighted by atomic mass is 10.3. The molecule has 0 bridgehead atoms. The second kappa shape index (κ2) is 22.7. The van der Waals surface area contributed by atoms with Crippen molar-refractivity contribution in [3.05, 3.63) is 108 Å². The summed E-state index contributed by atoms with van der Waals surface area (Å²) in [4.78, 5) is 46.2. The zero-order chi connectivity index (χ0) is 55.1. The van der Waals surface area contributed by atoms with Crippen LogP contribution in [0, 0.1) is 0 Å². The van der Waals surface area contributed by atoms with Crippen LogP contribution in [-0.4, -0.2) is 75.2 Å². The molecule has 0 unspecified atom stereocenters. The van der Waals surface area contributed by atoms with E-state index in [0.717, 1.165) is 0 Å². The number of carbonyl (C=O) groups is 2. The van der Waals surface area contributed by atoms with E-state index in [9.17, 15) is 9.59 Å². The molecule has 17 heteroatoms. The van der Waals surface area contributed by atoms with E-state index in [1.54, 1.807) is 0 Å². The molecule has 5 rings (SSSR count). The zero-order valence-corrected chi connectivity index (χ0v) is 28.0. The summed E-state index contributed by atoms with van der Waals surface area (Å²) < 4.78 is 179. The first-order valence-corrected chi connectivity index (χ1v) is 14.5. The molecule has 2 N–H and O–H groups in total. The fourth-order valence-electron chi connectivity index (χ4n) is 2.98. The van der Waals surface area contributed by atoms with Gasteiger partial charge in [0.2, 0.25) is 11.6 Å². The molecule has 280 valence electrons. The van der Waals surface area contributed by atoms with Gasteiger partial charge in [-0.05, 0) is 50.1 Å². The van der Waals surface area contributed by atoms with E-state index in [0.29, 0.717) is 0 Å². The Bertz CT molecular complexity index is 2820. The molecule has 0 aliphatic heterocycles. The third-order valence-electron chi connectivity index (χ3n) is 5.03. The van der Waals surface area contributed by atoms with Gasteiger partial charge < -0.3 is 34.2 Å². The van der Waals surface area contributed by atoms with E-state index in [2.05, 4.69) is 41.2 Å². The molecular weight excluding hydrogens is 729 g/mol. The molecule has 3 heterocycles. The molecule has 0 aliphatic carbocycles. The normalized spacial score (nSPS) is 15.6. The zero-order valence-electron chi connectivity index (χ0n) is 46.5. The van der Waals surface area contributed by atoms with E-state index < -0.39 is 138 Å². The Hall–Kier alpha value is -6.06. The fraction of sp³-hybridized carbons (Fsp3) is 0.222. The van der Waals surface area contributed by atoms with E-state index in [4.69, 9.17) is 80.0 Å². The number of aromatic nitrogens is 6. The van der Waals surface area contributed by atoms with Crippen molar-refractivity contribution >= 4 is 40.8 Å². The summed E-state index contributed by atoms with van der Waals surface area (Å²) in [6.45, 7) is 6.09. The average Bonchev–Trinajstić information content (AvgIpc) is 3.28. The molecule has 0 radical (unpaired) electrons. The Morgan fingerprint density at radius 1 is 0.755 bits per heavy atom. The summed E-state index contributed by atoms with van der Waals surface area (Å²) in [5.74, 6) is -6.72. The third-order valence-corrected chi connectivity index (χ3v) is 5.54. The van der Waals surface area contributed by atoms with Crippen molar-refractivity contribution in [2.45, 2.75) is 27.4 Å². The van der Waals surface area contributed by atoms with E-state index in [-0.39, 0.29) is 62.2 Å². The van der Waals surface area contributed by atoms with Crippen LogP contribution in [0.5, 0.6) is 28.7 Å². The first-order valence-electron chi connectivity index (χ1n) is 23.8. The van der Waals surface area contributed by atoms with Gasteiger partial charge in [-0.25, -0.2) is 39.5 Å². The quantitative estimate of drug-likeness (QED) is 0.0802. The topological polar surface area (TPSA) is 193 Å². The Morgan fingerprint density at radius 2 is 1.21 bits per heavy atom. The number of benzene rings is 2. The first-order chi connectivity index (χ1) is 33.2. The summed E-state index contributed by atoms with van der Waals surface area (Å²) in [7, 11) is -6.16. The highest BCUT2D eigenvalue weighted by Crippen LogP contribution is 2.38. The van der Waals surface area contributed by atoms with Crippen molar-refractivity contribution in [1.82, 2.24) is 29.9 Å². The average molecular weight is 789 g/mol. The van der Waals surface area contributed by atoms with Crippen molar-refractivity contribution in [3.8, 4) is 40.4 Å². The minimum atomic E-state index is -3.08. The maximum atomic E-state index is 12.0. The van der Waals surface area contributed by atoms with Crippen LogP contribution in [0.3, 0.4) is 0 Å². The second-order valence-corrected chi connectivity index (χ2v) is 9.12. The van der Waals surface area contributed by atoms with Crippen LogP contribution in [0.2, 0.25) is 10.3 Å². The lowest BCUT2D eigenvalue weighted by molar-refractivity contribution is -0.166. The number of rotatable bonds is 12. The number of ether oxygens (including phenoxy) is 6. The second-order valence-electron chi connectivity index (χ2n) is 8.40. The van der Waals surface area contributed by atoms with Gasteiger partial charge in [0.1, 0.15) is 0 Å². The molecule has 0 aliphatic rings. The molecule has 0 fully saturated rings. The molecule has 0 saturated heterocycles. The first kappa shape index (κ1) is 21.5. The van der Waals surface area contributed by atoms with Crippen LogP contribution in [0.15, 0.2) is 91.7 Å². The van der Waals surface area contributed by atoms with Crippen LogP contribution in [0.25, 0.3) is 17.3 Å². The third kappa shape index (κ3) is 13.2. The Balaban J connectivity index is 0.000000409. The van der Waals surface area contributed by atoms with E-state index in [1.807, 2.05) is 0 Å². The molecule has 53 heavy (non-hydrogen) atoms. The molecule has 0 atom stereocenters. The molecule has 5 aromatic rings. The van der Waals surface area contributed by atoms with Crippen LogP contribution < -0.4 is 24.7 Å². The minimum absolute atomic E-state index is 0. The molecule has 0 amide bonds. The van der Waals surface area contributed by atoms with Gasteiger partial charge in [-0.3, -0.25) is 0 Å². The maximum absolute atomic E-state index is 12.0. The number of nitrogens with two attached hydrogens (primary N) is 1. The summed E-state index contributed by atoms with van der Waals surface area (Å²) in [6.07, 6.45) is -3.78. The summed E-state index contributed by atoms with van der Waals surface area (Å²) in [6, 6.07) is -7.18. The standard InChI is InChI=1S/C15H10Cl2N4O2.C14H18O6.C6H7N3.CH4/c1-22-9-5-2-3-6-10(9)23-11-12(16)20-15(21-13(11)17)14-18-7-4-8-19-14;1-4-18-13(15)12(14(16)19-5-2)20-11-9-7-6-8-10(11)17-3;1-5(7)6-8-3-2-4-9-6;/h2-8H,1H3;6-9,12H,4-5H2,1-3H3;2-4H,1,7H2;1H4/i1D3,2D,3D,4D,5D,6D,7D,8D;3D3,6D,7D,8D,9D;2D,3D,4D;. The SMILES string of the molecule is C.[2H]c1c([2H])c([2H])c(OC([2H])([2H])[2H])c(OC(C(=O)OCC)C(=O)OCC)c1[2H].[2H]c1nc(-c2nc(Cl)c(Oc3c([2H])c([2H])c([2H])c([2H])c3OC([2H])([2H])[2H])c(Cl)n2)nc([2H])c1[2H].[2H]c1nc(C(=C)N)nc([2H])c1[2H]. The summed E-state index contributed by atoms with van der Waals surface area (Å²) >= 11 is 12.2. The van der Waals surface area contributed by atoms with Crippen molar-refractivity contribution < 1.29 is 65.4 Å². The van der Waals surface area contributed by atoms with Gasteiger partial charge in [-0.15, -0.1) is 0 Å². The molecule has 15 nitrogen and oxygen atoms in total. The van der Waals surface area contributed by atoms with Gasteiger partial charge in [-0.1, -0.05) is 61.4 Å². The highest BCUT2D eigenvalue weighted by atomic mass is 35.5. The Labute approximate surface area is 345 Å². The van der Waals surface area contributed by atoms with Crippen molar-refractivity contribution in [1.29, 1.82) is 0 Å². The van der Waals surface area contributed by atoms with Gasteiger partial charge in [-0.2, -0.15) is 0 Å². The summed E-state index contributed by atoms with van der Waals surface area (Å²) in [5, 5.41) is -0.984. The number of carbonyl (C=O) groups excluding carboxylic acids is 2. The Morgan fingerprint density at radius 3 is 1.68 bits per heavy atom. The van der Waals surface area contributed by atoms with Gasteiger partial charge in [0.25, 0.3) is 6.10 Å². The van der Waals surface area contributed by atoms with E-state index >= 15 is 0 Å². The highest BCUT2D eigenvalue weighted by molar-refractivity contribution is 6.35. The number of methoxy groups -OCH3 is 2. The minimum Gasteiger partial charge on any atom is -0.493 e. The van der Waals surface area contributed by atoms with Crippen molar-refractivity contribution in [2.75, 3.05) is 27.3 Å². The van der Waals surface area contributed by atoms with Crippen LogP contribution in [0.1, 0.15) is 54.5 Å². The number of para-hydroxylation sites is 4. The number of nitrogens with zero attached hydrogens (tertiary/aromatic N) is 6. The van der Waals surface area contributed by atoms with Crippen LogP contribution in [0.4, 0.5) is 0 Å². The smallest absolute Gasteiger partial charge is 0.359 e. The molecular formula is C36H39Cl2N7O8. The largest absolute Gasteiger partial charge is 0.493 e. The highest BCUT2D eigenvalue weighted by Gasteiger charge is 2.32. The van der Waals surface area contributed by atoms with Gasteiger partial charge in [0.15, 0.2) is 45.0 Å². The fourth-order valence-corrected chi connectivity index (χ4v) is 3.44. The van der Waals surface area contributed by atoms with Gasteiger partial charge in [0.05, 0.1) is 60.4 Å². The van der Waals surface area contributed by atoms with Gasteiger partial charge in [0, 0.05) is 24.7 Å². The summed E-state index contributed by atoms with van der Waals surface area (Å²) in [5.41, 5.74) is 5.35. The molecule has 0 spiro atoms. The van der Waals surface area contributed by atoms with Crippen molar-refractivity contribution in [3.63, 3.8) is 0 Å². The molecule has 0 saturated carbocycles. The van der Waals surface area contributed by atoms with Crippen LogP contribution in [-0.2, 0) is 19.1 Å². The predicted octanol–water partition coefficient (Wildman–Crippen LogP) is 6.65. The molecule has 2 aromatic carbocycles. The number of esters is 2. The lowest BCUT2D eigenvalue weighted by Gasteiger charge is -2.17. The van der Waals surface area contributed by atoms with Crippen LogP contribution >= 0.6 is 23.2 Å². The van der Waals surface area contributed by atoms with E-state index in [1.165, 1.54) is 13.8 Å². The molecule has 3 aromatic heterocycles.